The minimum atomic E-state index is -0.773. The maximum Gasteiger partial charge on any atom is 0.158 e. The van der Waals surface area contributed by atoms with Gasteiger partial charge in [-0.15, -0.1) is 6.42 Å². The Labute approximate surface area is 152 Å². The number of terminal acetylenes is 1. The van der Waals surface area contributed by atoms with Gasteiger partial charge in [-0.1, -0.05) is 12.0 Å². The van der Waals surface area contributed by atoms with Crippen LogP contribution in [-0.2, 0) is 0 Å². The van der Waals surface area contributed by atoms with E-state index in [4.69, 9.17) is 6.42 Å². The third kappa shape index (κ3) is 2.44. The Morgan fingerprint density at radius 2 is 1.93 bits per heavy atom. The topological polar surface area (TPSA) is 69.8 Å². The van der Waals surface area contributed by atoms with Gasteiger partial charge in [0.05, 0.1) is 17.2 Å². The first kappa shape index (κ1) is 16.4. The molecule has 0 radical (unpaired) electrons. The second kappa shape index (κ2) is 6.05. The van der Waals surface area contributed by atoms with E-state index in [0.29, 0.717) is 10.8 Å². The number of halogens is 2. The molecule has 128 valence electrons. The summed E-state index contributed by atoms with van der Waals surface area (Å²) in [5, 5.41) is 20.7. The van der Waals surface area contributed by atoms with Crippen LogP contribution in [0.4, 0.5) is 8.78 Å². The van der Waals surface area contributed by atoms with E-state index >= 15 is 4.39 Å². The Morgan fingerprint density at radius 1 is 1.11 bits per heavy atom. The smallest absolute Gasteiger partial charge is 0.158 e. The van der Waals surface area contributed by atoms with Gasteiger partial charge in [-0.05, 0) is 35.2 Å². The molecular weight excluding hydrogens is 348 g/mol. The molecule has 0 saturated carbocycles. The van der Waals surface area contributed by atoms with Crippen LogP contribution in [0.1, 0.15) is 11.1 Å². The molecule has 1 heterocycles. The number of phenols is 1. The Bertz CT molecular complexity index is 1330. The lowest BCUT2D eigenvalue weighted by atomic mass is 9.90. The number of rotatable bonds is 1. The standard InChI is InChI=1S/C21H9F2N3O/c1-2-15-17(22)4-3-11-6-14(27)7-16(18(11)15)19-12(8-24)5-13-9-25-10-26-21(13)20(19)23/h1,3-7,9-10,27H. The van der Waals surface area contributed by atoms with E-state index in [1.165, 1.54) is 42.9 Å². The fourth-order valence-electron chi connectivity index (χ4n) is 3.21. The van der Waals surface area contributed by atoms with Crippen molar-refractivity contribution in [2.24, 2.45) is 0 Å². The Morgan fingerprint density at radius 3 is 2.67 bits per heavy atom. The van der Waals surface area contributed by atoms with E-state index in [9.17, 15) is 14.8 Å². The average molecular weight is 357 g/mol. The van der Waals surface area contributed by atoms with Gasteiger partial charge in [-0.25, -0.2) is 18.7 Å². The van der Waals surface area contributed by atoms with E-state index in [1.807, 2.05) is 6.07 Å². The molecule has 0 atom stereocenters. The van der Waals surface area contributed by atoms with Crippen LogP contribution in [0.5, 0.6) is 5.75 Å². The molecule has 3 aromatic carbocycles. The number of hydrogen-bond acceptors (Lipinski definition) is 4. The molecule has 0 aliphatic carbocycles. The molecule has 0 aliphatic rings. The lowest BCUT2D eigenvalue weighted by molar-refractivity contribution is 0.476. The Kier molecular flexibility index (Phi) is 3.68. The molecule has 27 heavy (non-hydrogen) atoms. The molecule has 0 spiro atoms. The Balaban J connectivity index is 2.25. The lowest BCUT2D eigenvalue weighted by Gasteiger charge is -2.14. The molecule has 1 N–H and O–H groups in total. The summed E-state index contributed by atoms with van der Waals surface area (Å²) >= 11 is 0. The predicted molar refractivity (Wildman–Crippen MR) is 96.7 cm³/mol. The van der Waals surface area contributed by atoms with Crippen LogP contribution in [0.2, 0.25) is 0 Å². The number of aromatic hydroxyl groups is 1. The zero-order valence-electron chi connectivity index (χ0n) is 13.7. The first-order chi connectivity index (χ1) is 13.0. The fraction of sp³-hybridized carbons (Fsp3) is 0. The first-order valence-corrected chi connectivity index (χ1v) is 7.79. The van der Waals surface area contributed by atoms with E-state index in [2.05, 4.69) is 15.9 Å². The summed E-state index contributed by atoms with van der Waals surface area (Å²) in [6.07, 6.45) is 8.05. The molecule has 0 aliphatic heterocycles. The number of nitrogens with zero attached hydrogens (tertiary/aromatic N) is 3. The maximum absolute atomic E-state index is 15.3. The molecular formula is C21H9F2N3O. The maximum atomic E-state index is 15.3. The van der Waals surface area contributed by atoms with E-state index in [-0.39, 0.29) is 38.9 Å². The summed E-state index contributed by atoms with van der Waals surface area (Å²) in [7, 11) is 0. The number of benzene rings is 3. The van der Waals surface area contributed by atoms with Crippen LogP contribution in [0.25, 0.3) is 32.8 Å². The highest BCUT2D eigenvalue weighted by Crippen LogP contribution is 2.39. The molecule has 0 fully saturated rings. The second-order valence-electron chi connectivity index (χ2n) is 5.84. The first-order valence-electron chi connectivity index (χ1n) is 7.79. The van der Waals surface area contributed by atoms with Crippen LogP contribution >= 0.6 is 0 Å². The zero-order valence-corrected chi connectivity index (χ0v) is 13.7. The third-order valence-corrected chi connectivity index (χ3v) is 4.32. The predicted octanol–water partition coefficient (Wildman–Crippen LogP) is 4.29. The second-order valence-corrected chi connectivity index (χ2v) is 5.84. The van der Waals surface area contributed by atoms with Gasteiger partial charge >= 0.3 is 0 Å². The van der Waals surface area contributed by atoms with Crippen molar-refractivity contribution in [1.82, 2.24) is 9.97 Å². The molecule has 4 rings (SSSR count). The molecule has 4 nitrogen and oxygen atoms in total. The SMILES string of the molecule is C#Cc1c(F)ccc2cc(O)cc(-c3c(C#N)cc4cncnc4c3F)c12. The number of hydrogen-bond donors (Lipinski definition) is 1. The van der Waals surface area contributed by atoms with Gasteiger partial charge in [0.25, 0.3) is 0 Å². The van der Waals surface area contributed by atoms with Crippen molar-refractivity contribution in [2.75, 3.05) is 0 Å². The Hall–Kier alpha value is -4.03. The molecule has 0 saturated heterocycles. The van der Waals surface area contributed by atoms with Crippen LogP contribution in [0.15, 0.2) is 42.9 Å². The molecule has 4 aromatic rings. The lowest BCUT2D eigenvalue weighted by Crippen LogP contribution is -1.97. The van der Waals surface area contributed by atoms with Crippen molar-refractivity contribution in [3.05, 3.63) is 65.6 Å². The minimum Gasteiger partial charge on any atom is -0.508 e. The number of aromatic nitrogens is 2. The summed E-state index contributed by atoms with van der Waals surface area (Å²) in [5.41, 5.74) is -0.0598. The molecule has 1 aromatic heterocycles. The third-order valence-electron chi connectivity index (χ3n) is 4.32. The van der Waals surface area contributed by atoms with Gasteiger partial charge < -0.3 is 5.11 Å². The van der Waals surface area contributed by atoms with Gasteiger partial charge in [0.2, 0.25) is 0 Å². The van der Waals surface area contributed by atoms with Crippen molar-refractivity contribution in [3.63, 3.8) is 0 Å². The minimum absolute atomic E-state index is 0.00562. The van der Waals surface area contributed by atoms with Crippen molar-refractivity contribution in [1.29, 1.82) is 5.26 Å². The van der Waals surface area contributed by atoms with E-state index in [1.54, 1.807) is 0 Å². The van der Waals surface area contributed by atoms with Gasteiger partial charge in [-0.3, -0.25) is 0 Å². The number of phenolic OH excluding ortho intramolecular Hbond substituents is 1. The summed E-state index contributed by atoms with van der Waals surface area (Å²) in [5.74, 6) is 0.680. The monoisotopic (exact) mass is 357 g/mol. The highest BCUT2D eigenvalue weighted by molar-refractivity contribution is 6.04. The normalized spacial score (nSPS) is 10.7. The van der Waals surface area contributed by atoms with Gasteiger partial charge in [0, 0.05) is 22.5 Å². The van der Waals surface area contributed by atoms with Crippen LogP contribution < -0.4 is 0 Å². The number of fused-ring (bicyclic) bond motifs is 2. The van der Waals surface area contributed by atoms with Gasteiger partial charge in [0.1, 0.15) is 23.4 Å². The molecule has 6 heteroatoms. The van der Waals surface area contributed by atoms with Crippen LogP contribution in [-0.4, -0.2) is 15.1 Å². The highest BCUT2D eigenvalue weighted by Gasteiger charge is 2.21. The van der Waals surface area contributed by atoms with E-state index < -0.39 is 11.6 Å². The zero-order chi connectivity index (χ0) is 19.1. The highest BCUT2D eigenvalue weighted by atomic mass is 19.1. The fourth-order valence-corrected chi connectivity index (χ4v) is 3.21. The van der Waals surface area contributed by atoms with Crippen molar-refractivity contribution < 1.29 is 13.9 Å². The quantitative estimate of drug-likeness (QED) is 0.516. The summed E-state index contributed by atoms with van der Waals surface area (Å²) in [6.45, 7) is 0. The molecule has 0 unspecified atom stereocenters. The number of nitriles is 1. The summed E-state index contributed by atoms with van der Waals surface area (Å²) < 4.78 is 29.6. The van der Waals surface area contributed by atoms with Gasteiger partial charge in [-0.2, -0.15) is 5.26 Å². The largest absolute Gasteiger partial charge is 0.508 e. The van der Waals surface area contributed by atoms with Crippen LogP contribution in [0.3, 0.4) is 0 Å². The van der Waals surface area contributed by atoms with Crippen molar-refractivity contribution >= 4 is 21.7 Å². The average Bonchev–Trinajstić information content (AvgIpc) is 2.67. The molecule has 0 bridgehead atoms. The van der Waals surface area contributed by atoms with Crippen molar-refractivity contribution in [3.8, 4) is 35.3 Å². The molecule has 0 amide bonds. The van der Waals surface area contributed by atoms with Crippen LogP contribution in [0, 0.1) is 35.3 Å². The van der Waals surface area contributed by atoms with Gasteiger partial charge in [0.15, 0.2) is 5.82 Å². The van der Waals surface area contributed by atoms with E-state index in [0.717, 1.165) is 0 Å². The summed E-state index contributed by atoms with van der Waals surface area (Å²) in [4.78, 5) is 7.76. The summed E-state index contributed by atoms with van der Waals surface area (Å²) in [6, 6.07) is 8.65. The van der Waals surface area contributed by atoms with Crippen molar-refractivity contribution in [2.45, 2.75) is 0 Å².